The maximum absolute atomic E-state index is 11.6. The summed E-state index contributed by atoms with van der Waals surface area (Å²) >= 11 is 0. The number of carbonyl (C=O) groups is 1. The zero-order valence-electron chi connectivity index (χ0n) is 17.8. The molecule has 8 heteroatoms. The van der Waals surface area contributed by atoms with Crippen molar-refractivity contribution in [3.05, 3.63) is 29.3 Å². The average molecular weight is 506 g/mol. The van der Waals surface area contributed by atoms with Gasteiger partial charge in [-0.05, 0) is 58.2 Å². The van der Waals surface area contributed by atoms with Gasteiger partial charge in [-0.25, -0.2) is 4.79 Å². The molecule has 0 bridgehead atoms. The number of hydrogen-bond acceptors (Lipinski definition) is 4. The van der Waals surface area contributed by atoms with Crippen molar-refractivity contribution >= 4 is 36.0 Å². The van der Waals surface area contributed by atoms with Gasteiger partial charge in [0.2, 0.25) is 0 Å². The van der Waals surface area contributed by atoms with Crippen molar-refractivity contribution < 1.29 is 14.3 Å². The van der Waals surface area contributed by atoms with Crippen LogP contribution >= 0.6 is 24.0 Å². The van der Waals surface area contributed by atoms with E-state index in [1.165, 1.54) is 0 Å². The van der Waals surface area contributed by atoms with Gasteiger partial charge in [0, 0.05) is 26.7 Å². The van der Waals surface area contributed by atoms with Gasteiger partial charge in [-0.2, -0.15) is 0 Å². The Bertz CT molecular complexity index is 630. The minimum Gasteiger partial charge on any atom is -0.494 e. The molecule has 0 unspecified atom stereocenters. The first-order chi connectivity index (χ1) is 12.7. The van der Waals surface area contributed by atoms with Gasteiger partial charge in [0.25, 0.3) is 0 Å². The van der Waals surface area contributed by atoms with Gasteiger partial charge >= 0.3 is 6.09 Å². The number of guanidine groups is 1. The Balaban J connectivity index is 0.00000729. The normalized spacial score (nSPS) is 11.3. The number of aliphatic imine (C=N–C) groups is 1. The highest BCUT2D eigenvalue weighted by atomic mass is 127. The molecular weight excluding hydrogens is 471 g/mol. The second kappa shape index (κ2) is 13.5. The molecule has 0 fully saturated rings. The summed E-state index contributed by atoms with van der Waals surface area (Å²) < 4.78 is 10.8. The summed E-state index contributed by atoms with van der Waals surface area (Å²) in [5.74, 6) is 1.64. The lowest BCUT2D eigenvalue weighted by atomic mass is 10.1. The molecule has 0 aliphatic rings. The Morgan fingerprint density at radius 2 is 1.82 bits per heavy atom. The van der Waals surface area contributed by atoms with Gasteiger partial charge in [0.05, 0.1) is 6.61 Å². The molecule has 0 heterocycles. The largest absolute Gasteiger partial charge is 0.494 e. The first-order valence-corrected chi connectivity index (χ1v) is 9.39. The molecule has 0 aliphatic carbocycles. The van der Waals surface area contributed by atoms with Crippen LogP contribution in [0.2, 0.25) is 0 Å². The van der Waals surface area contributed by atoms with E-state index in [0.717, 1.165) is 29.3 Å². The average Bonchev–Trinajstić information content (AvgIpc) is 2.58. The smallest absolute Gasteiger partial charge is 0.407 e. The molecule has 28 heavy (non-hydrogen) atoms. The number of aryl methyl sites for hydroxylation is 1. The monoisotopic (exact) mass is 506 g/mol. The van der Waals surface area contributed by atoms with Crippen LogP contribution in [0, 0.1) is 6.92 Å². The number of nitrogens with zero attached hydrogens (tertiary/aromatic N) is 1. The molecule has 0 saturated heterocycles. The van der Waals surface area contributed by atoms with Gasteiger partial charge in [-0.15, -0.1) is 24.0 Å². The van der Waals surface area contributed by atoms with Crippen molar-refractivity contribution in [2.75, 3.05) is 26.7 Å². The second-order valence-electron chi connectivity index (χ2n) is 7.17. The number of benzene rings is 1. The molecular formula is C20H35IN4O3. The number of alkyl carbamates (subject to hydrolysis) is 1. The fraction of sp³-hybridized carbons (Fsp3) is 0.600. The van der Waals surface area contributed by atoms with Gasteiger partial charge < -0.3 is 25.4 Å². The van der Waals surface area contributed by atoms with E-state index in [4.69, 9.17) is 9.47 Å². The highest BCUT2D eigenvalue weighted by Gasteiger charge is 2.15. The Hall–Kier alpha value is -1.71. The SMILES string of the molecule is CCOc1ccc(CNC(=NC)NCCCNC(=O)OC(C)(C)C)cc1C.I. The first kappa shape index (κ1) is 26.3. The lowest BCUT2D eigenvalue weighted by Crippen LogP contribution is -2.39. The topological polar surface area (TPSA) is 84.0 Å². The summed E-state index contributed by atoms with van der Waals surface area (Å²) in [7, 11) is 1.73. The van der Waals surface area contributed by atoms with E-state index in [2.05, 4.69) is 27.0 Å². The summed E-state index contributed by atoms with van der Waals surface area (Å²) in [5, 5.41) is 9.25. The molecule has 160 valence electrons. The van der Waals surface area contributed by atoms with Gasteiger partial charge in [0.1, 0.15) is 11.4 Å². The molecule has 0 spiro atoms. The van der Waals surface area contributed by atoms with E-state index in [-0.39, 0.29) is 24.0 Å². The number of rotatable bonds is 8. The predicted molar refractivity (Wildman–Crippen MR) is 125 cm³/mol. The third-order valence-corrected chi connectivity index (χ3v) is 3.54. The van der Waals surface area contributed by atoms with E-state index >= 15 is 0 Å². The second-order valence-corrected chi connectivity index (χ2v) is 7.17. The van der Waals surface area contributed by atoms with Crippen molar-refractivity contribution in [1.29, 1.82) is 0 Å². The van der Waals surface area contributed by atoms with Crippen molar-refractivity contribution in [3.63, 3.8) is 0 Å². The van der Waals surface area contributed by atoms with Crippen LogP contribution < -0.4 is 20.7 Å². The van der Waals surface area contributed by atoms with E-state index in [0.29, 0.717) is 26.2 Å². The molecule has 1 rings (SSSR count). The molecule has 0 aliphatic heterocycles. The van der Waals surface area contributed by atoms with Gasteiger partial charge in [0.15, 0.2) is 5.96 Å². The number of amides is 1. The molecule has 1 aromatic rings. The highest BCUT2D eigenvalue weighted by Crippen LogP contribution is 2.18. The first-order valence-electron chi connectivity index (χ1n) is 9.39. The molecule has 7 nitrogen and oxygen atoms in total. The van der Waals surface area contributed by atoms with E-state index in [1.54, 1.807) is 7.05 Å². The van der Waals surface area contributed by atoms with Crippen LogP contribution in [-0.4, -0.2) is 44.4 Å². The lowest BCUT2D eigenvalue weighted by Gasteiger charge is -2.19. The Labute approximate surface area is 186 Å². The van der Waals surface area contributed by atoms with E-state index < -0.39 is 11.7 Å². The van der Waals surface area contributed by atoms with Crippen LogP contribution in [0.4, 0.5) is 4.79 Å². The van der Waals surface area contributed by atoms with Crippen LogP contribution in [0.5, 0.6) is 5.75 Å². The summed E-state index contributed by atoms with van der Waals surface area (Å²) in [4.78, 5) is 15.8. The van der Waals surface area contributed by atoms with E-state index in [9.17, 15) is 4.79 Å². The van der Waals surface area contributed by atoms with Gasteiger partial charge in [-0.1, -0.05) is 12.1 Å². The molecule has 0 aromatic heterocycles. The minimum atomic E-state index is -0.479. The van der Waals surface area contributed by atoms with Crippen LogP contribution in [0.25, 0.3) is 0 Å². The maximum Gasteiger partial charge on any atom is 0.407 e. The predicted octanol–water partition coefficient (Wildman–Crippen LogP) is 3.59. The zero-order valence-corrected chi connectivity index (χ0v) is 20.2. The fourth-order valence-corrected chi connectivity index (χ4v) is 2.35. The Morgan fingerprint density at radius 3 is 2.39 bits per heavy atom. The molecule has 3 N–H and O–H groups in total. The van der Waals surface area contributed by atoms with Crippen molar-refractivity contribution in [2.45, 2.75) is 53.2 Å². The molecule has 0 atom stereocenters. The van der Waals surface area contributed by atoms with Crippen molar-refractivity contribution in [3.8, 4) is 5.75 Å². The summed E-state index contributed by atoms with van der Waals surface area (Å²) in [6.45, 7) is 12.1. The molecule has 1 aromatic carbocycles. The van der Waals surface area contributed by atoms with E-state index in [1.807, 2.05) is 46.8 Å². The van der Waals surface area contributed by atoms with Gasteiger partial charge in [-0.3, -0.25) is 4.99 Å². The van der Waals surface area contributed by atoms with Crippen LogP contribution in [-0.2, 0) is 11.3 Å². The summed E-state index contributed by atoms with van der Waals surface area (Å²) in [5.41, 5.74) is 1.80. The maximum atomic E-state index is 11.6. The number of nitrogens with one attached hydrogen (secondary N) is 3. The van der Waals surface area contributed by atoms with Crippen LogP contribution in [0.1, 0.15) is 45.2 Å². The van der Waals surface area contributed by atoms with Crippen molar-refractivity contribution in [1.82, 2.24) is 16.0 Å². The Kier molecular flexibility index (Phi) is 12.6. The summed E-state index contributed by atoms with van der Waals surface area (Å²) in [6, 6.07) is 6.15. The number of hydrogen-bond donors (Lipinski definition) is 3. The van der Waals surface area contributed by atoms with Crippen LogP contribution in [0.15, 0.2) is 23.2 Å². The third-order valence-electron chi connectivity index (χ3n) is 3.54. The Morgan fingerprint density at radius 1 is 1.14 bits per heavy atom. The zero-order chi connectivity index (χ0) is 20.3. The third kappa shape index (κ3) is 11.2. The van der Waals surface area contributed by atoms with Crippen molar-refractivity contribution in [2.24, 2.45) is 4.99 Å². The number of halogens is 1. The minimum absolute atomic E-state index is 0. The molecule has 0 saturated carbocycles. The lowest BCUT2D eigenvalue weighted by molar-refractivity contribution is 0.0527. The standard InChI is InChI=1S/C20H34N4O3.HI/c1-7-26-17-10-9-16(13-15(17)2)14-24-18(21-6)22-11-8-12-23-19(25)27-20(3,4)5;/h9-10,13H,7-8,11-12,14H2,1-6H3,(H,23,25)(H2,21,22,24);1H. The number of ether oxygens (including phenoxy) is 2. The highest BCUT2D eigenvalue weighted by molar-refractivity contribution is 14.0. The molecule has 0 radical (unpaired) electrons. The van der Waals surface area contributed by atoms with Crippen LogP contribution in [0.3, 0.4) is 0 Å². The fourth-order valence-electron chi connectivity index (χ4n) is 2.35. The quantitative estimate of drug-likeness (QED) is 0.217. The summed E-state index contributed by atoms with van der Waals surface area (Å²) in [6.07, 6.45) is 0.373. The molecule has 1 amide bonds. The number of carbonyl (C=O) groups excluding carboxylic acids is 1.